The lowest BCUT2D eigenvalue weighted by molar-refractivity contribution is 0.0779. The van der Waals surface area contributed by atoms with Gasteiger partial charge < -0.3 is 14.7 Å². The van der Waals surface area contributed by atoms with E-state index in [2.05, 4.69) is 5.32 Å². The summed E-state index contributed by atoms with van der Waals surface area (Å²) in [6.45, 7) is 3.31. The van der Waals surface area contributed by atoms with E-state index in [9.17, 15) is 9.90 Å². The van der Waals surface area contributed by atoms with Gasteiger partial charge in [-0.15, -0.1) is 0 Å². The molecule has 1 saturated heterocycles. The van der Waals surface area contributed by atoms with Crippen LogP contribution in [0.4, 0.5) is 4.79 Å². The molecule has 2 heterocycles. The second-order valence-corrected chi connectivity index (χ2v) is 8.18. The van der Waals surface area contributed by atoms with Gasteiger partial charge in [0.25, 0.3) is 0 Å². The number of phenolic OH excluding ortho intramolecular Hbond substituents is 1. The average Bonchev–Trinajstić information content (AvgIpc) is 2.75. The Bertz CT molecular complexity index is 937. The summed E-state index contributed by atoms with van der Waals surface area (Å²) in [5.74, 6) is 0.229. The first kappa shape index (κ1) is 20.7. The van der Waals surface area contributed by atoms with Crippen LogP contribution in [0.2, 0.25) is 5.02 Å². The number of ether oxygens (including phenoxy) is 1. The fourth-order valence-electron chi connectivity index (χ4n) is 4.22. The second kappa shape index (κ2) is 8.66. The minimum Gasteiger partial charge on any atom is -0.507 e. The smallest absolute Gasteiger partial charge is 0.409 e. The lowest BCUT2D eigenvalue weighted by atomic mass is 9.87. The summed E-state index contributed by atoms with van der Waals surface area (Å²) in [5, 5.41) is 14.8. The van der Waals surface area contributed by atoms with Crippen LogP contribution in [0.15, 0.2) is 53.5 Å². The van der Waals surface area contributed by atoms with Crippen molar-refractivity contribution in [2.24, 2.45) is 4.99 Å². The zero-order valence-electron chi connectivity index (χ0n) is 17.0. The molecule has 0 radical (unpaired) electrons. The Morgan fingerprint density at radius 1 is 1.23 bits per heavy atom. The highest BCUT2D eigenvalue weighted by molar-refractivity contribution is 6.30. The normalized spacial score (nSPS) is 20.7. The van der Waals surface area contributed by atoms with Crippen LogP contribution < -0.4 is 5.32 Å². The fraction of sp³-hybridized carbons (Fsp3) is 0.391. The zero-order valence-corrected chi connectivity index (χ0v) is 17.7. The molecule has 0 aliphatic carbocycles. The third-order valence-electron chi connectivity index (χ3n) is 5.79. The first-order valence-corrected chi connectivity index (χ1v) is 10.7. The highest BCUT2D eigenvalue weighted by Gasteiger charge is 2.41. The third kappa shape index (κ3) is 4.30. The van der Waals surface area contributed by atoms with Gasteiger partial charge >= 0.3 is 6.09 Å². The fourth-order valence-corrected chi connectivity index (χ4v) is 4.35. The molecule has 158 valence electrons. The van der Waals surface area contributed by atoms with Crippen molar-refractivity contribution >= 4 is 23.4 Å². The van der Waals surface area contributed by atoms with E-state index in [0.717, 1.165) is 16.8 Å². The summed E-state index contributed by atoms with van der Waals surface area (Å²) in [5.41, 5.74) is 2.25. The van der Waals surface area contributed by atoms with Crippen molar-refractivity contribution in [1.29, 1.82) is 0 Å². The number of nitrogens with zero attached hydrogens (tertiary/aromatic N) is 2. The predicted octanol–water partition coefficient (Wildman–Crippen LogP) is 4.52. The monoisotopic (exact) mass is 427 g/mol. The molecule has 2 aromatic rings. The number of halogens is 1. The molecule has 1 amide bonds. The van der Waals surface area contributed by atoms with Crippen LogP contribution in [0.25, 0.3) is 0 Å². The summed E-state index contributed by atoms with van der Waals surface area (Å²) < 4.78 is 5.15. The van der Waals surface area contributed by atoms with E-state index in [-0.39, 0.29) is 17.9 Å². The topological polar surface area (TPSA) is 74.2 Å². The van der Waals surface area contributed by atoms with Gasteiger partial charge in [-0.2, -0.15) is 0 Å². The molecule has 0 unspecified atom stereocenters. The number of benzene rings is 2. The summed E-state index contributed by atoms with van der Waals surface area (Å²) in [6.07, 6.45) is 1.73. The average molecular weight is 428 g/mol. The van der Waals surface area contributed by atoms with Gasteiger partial charge in [-0.05, 0) is 36.8 Å². The molecular weight excluding hydrogens is 402 g/mol. The number of amides is 1. The second-order valence-electron chi connectivity index (χ2n) is 7.75. The first-order chi connectivity index (χ1) is 14.5. The Labute approximate surface area is 181 Å². The number of para-hydroxylation sites is 1. The number of hydrogen-bond acceptors (Lipinski definition) is 5. The molecule has 1 atom stereocenters. The molecule has 2 aliphatic rings. The number of nitrogens with one attached hydrogen (secondary N) is 1. The summed E-state index contributed by atoms with van der Waals surface area (Å²) >= 11 is 6.08. The van der Waals surface area contributed by atoms with Crippen LogP contribution in [0.3, 0.4) is 0 Å². The van der Waals surface area contributed by atoms with Gasteiger partial charge in [0.05, 0.1) is 6.61 Å². The number of aromatic hydroxyl groups is 1. The maximum Gasteiger partial charge on any atom is 0.409 e. The van der Waals surface area contributed by atoms with Crippen molar-refractivity contribution in [3.05, 3.63) is 64.7 Å². The van der Waals surface area contributed by atoms with Crippen molar-refractivity contribution in [2.45, 2.75) is 37.9 Å². The van der Waals surface area contributed by atoms with Crippen LogP contribution in [0, 0.1) is 0 Å². The number of rotatable bonds is 3. The van der Waals surface area contributed by atoms with E-state index >= 15 is 0 Å². The standard InChI is InChI=1S/C23H26ClN3O3/c1-2-30-22(29)27-13-11-23(12-14-27)25-19(16-7-9-17(24)10-8-16)15-20(26-23)18-5-3-4-6-21(18)28/h3-10,19,25,28H,2,11-15H2,1H3/t19-/m0/s1. The van der Waals surface area contributed by atoms with E-state index in [1.807, 2.05) is 49.4 Å². The summed E-state index contributed by atoms with van der Waals surface area (Å²) in [4.78, 5) is 18.9. The molecule has 2 N–H and O–H groups in total. The van der Waals surface area contributed by atoms with E-state index in [1.165, 1.54) is 0 Å². The van der Waals surface area contributed by atoms with Crippen molar-refractivity contribution in [1.82, 2.24) is 10.2 Å². The molecule has 2 aromatic carbocycles. The van der Waals surface area contributed by atoms with Crippen LogP contribution in [-0.2, 0) is 4.74 Å². The number of carbonyl (C=O) groups is 1. The Kier molecular flexibility index (Phi) is 5.97. The summed E-state index contributed by atoms with van der Waals surface area (Å²) in [7, 11) is 0. The largest absolute Gasteiger partial charge is 0.507 e. The number of phenols is 1. The van der Waals surface area contributed by atoms with Gasteiger partial charge in [0, 0.05) is 54.7 Å². The van der Waals surface area contributed by atoms with Crippen molar-refractivity contribution < 1.29 is 14.6 Å². The zero-order chi connectivity index (χ0) is 21.1. The van der Waals surface area contributed by atoms with Crippen LogP contribution in [0.5, 0.6) is 5.75 Å². The maximum atomic E-state index is 12.1. The Balaban J connectivity index is 1.64. The molecule has 6 nitrogen and oxygen atoms in total. The SMILES string of the molecule is CCOC(=O)N1CCC2(CC1)N=C(c1ccccc1O)C[C@@H](c1ccc(Cl)cc1)N2. The Hall–Kier alpha value is -2.57. The minimum absolute atomic E-state index is 0.0310. The molecule has 1 spiro atoms. The van der Waals surface area contributed by atoms with Gasteiger partial charge in [0.2, 0.25) is 0 Å². The number of piperidine rings is 1. The van der Waals surface area contributed by atoms with Crippen LogP contribution in [-0.4, -0.2) is 47.2 Å². The van der Waals surface area contributed by atoms with Crippen molar-refractivity contribution in [3.8, 4) is 5.75 Å². The molecular formula is C23H26ClN3O3. The molecule has 2 aliphatic heterocycles. The van der Waals surface area contributed by atoms with E-state index in [0.29, 0.717) is 44.0 Å². The molecule has 4 rings (SSSR count). The molecule has 0 bridgehead atoms. The molecule has 7 heteroatoms. The van der Waals surface area contributed by atoms with Crippen LogP contribution >= 0.6 is 11.6 Å². The maximum absolute atomic E-state index is 12.1. The number of likely N-dealkylation sites (tertiary alicyclic amines) is 1. The van der Waals surface area contributed by atoms with E-state index < -0.39 is 5.66 Å². The predicted molar refractivity (Wildman–Crippen MR) is 117 cm³/mol. The van der Waals surface area contributed by atoms with E-state index in [4.69, 9.17) is 21.3 Å². The van der Waals surface area contributed by atoms with Crippen LogP contribution in [0.1, 0.15) is 43.4 Å². The quantitative estimate of drug-likeness (QED) is 0.755. The minimum atomic E-state index is -0.497. The third-order valence-corrected chi connectivity index (χ3v) is 6.05. The summed E-state index contributed by atoms with van der Waals surface area (Å²) in [6, 6.07) is 15.2. The molecule has 30 heavy (non-hydrogen) atoms. The lowest BCUT2D eigenvalue weighted by Gasteiger charge is -2.45. The highest BCUT2D eigenvalue weighted by atomic mass is 35.5. The van der Waals surface area contributed by atoms with E-state index in [1.54, 1.807) is 11.0 Å². The number of carbonyl (C=O) groups excluding carboxylic acids is 1. The van der Waals surface area contributed by atoms with Gasteiger partial charge in [0.15, 0.2) is 0 Å². The Morgan fingerprint density at radius 2 is 1.93 bits per heavy atom. The molecule has 1 fully saturated rings. The Morgan fingerprint density at radius 3 is 2.60 bits per heavy atom. The lowest BCUT2D eigenvalue weighted by Crippen LogP contribution is -2.56. The van der Waals surface area contributed by atoms with Crippen molar-refractivity contribution in [2.75, 3.05) is 19.7 Å². The number of hydrogen-bond donors (Lipinski definition) is 2. The van der Waals surface area contributed by atoms with Gasteiger partial charge in [-0.25, -0.2) is 4.79 Å². The number of aliphatic imine (C=N–C) groups is 1. The highest BCUT2D eigenvalue weighted by Crippen LogP contribution is 2.36. The van der Waals surface area contributed by atoms with Gasteiger partial charge in [-0.1, -0.05) is 35.9 Å². The van der Waals surface area contributed by atoms with Crippen molar-refractivity contribution in [3.63, 3.8) is 0 Å². The first-order valence-electron chi connectivity index (χ1n) is 10.3. The molecule has 0 saturated carbocycles. The molecule has 0 aromatic heterocycles. The van der Waals surface area contributed by atoms with Gasteiger partial charge in [-0.3, -0.25) is 10.3 Å². The van der Waals surface area contributed by atoms with Gasteiger partial charge in [0.1, 0.15) is 11.4 Å².